The molecule has 0 bridgehead atoms. The smallest absolute Gasteiger partial charge is 0.0399 e. The summed E-state index contributed by atoms with van der Waals surface area (Å²) in [7, 11) is 0. The maximum Gasteiger partial charge on any atom is 0.0399 e. The highest BCUT2D eigenvalue weighted by Crippen LogP contribution is 2.25. The normalized spacial score (nSPS) is 20.9. The summed E-state index contributed by atoms with van der Waals surface area (Å²) < 4.78 is 0. The first-order chi connectivity index (χ1) is 9.43. The van der Waals surface area contributed by atoms with Crippen LogP contribution in [-0.2, 0) is 6.42 Å². The van der Waals surface area contributed by atoms with Gasteiger partial charge in [-0.15, -0.1) is 0 Å². The molecule has 1 N–H and O–H groups in total. The molecule has 3 heteroatoms. The third-order valence-electron chi connectivity index (χ3n) is 4.35. The molecule has 1 fully saturated rings. The van der Waals surface area contributed by atoms with Crippen LogP contribution in [0.5, 0.6) is 0 Å². The number of fused-ring (bicyclic) bond motifs is 1. The Hall–Kier alpha value is -1.06. The van der Waals surface area contributed by atoms with Crippen molar-refractivity contribution in [2.24, 2.45) is 0 Å². The Balaban J connectivity index is 1.63. The zero-order chi connectivity index (χ0) is 12.9. The molecule has 3 nitrogen and oxygen atoms in total. The molecule has 3 rings (SSSR count). The fourth-order valence-corrected chi connectivity index (χ4v) is 3.20. The van der Waals surface area contributed by atoms with Crippen molar-refractivity contribution in [2.75, 3.05) is 50.7 Å². The van der Waals surface area contributed by atoms with Crippen LogP contribution in [0.2, 0.25) is 0 Å². The van der Waals surface area contributed by atoms with E-state index >= 15 is 0 Å². The quantitative estimate of drug-likeness (QED) is 0.892. The number of rotatable bonds is 3. The van der Waals surface area contributed by atoms with E-state index in [9.17, 15) is 0 Å². The highest BCUT2D eigenvalue weighted by molar-refractivity contribution is 5.54. The van der Waals surface area contributed by atoms with E-state index in [0.29, 0.717) is 0 Å². The molecule has 1 aromatic carbocycles. The Kier molecular flexibility index (Phi) is 4.36. The largest absolute Gasteiger partial charge is 0.370 e. The summed E-state index contributed by atoms with van der Waals surface area (Å²) in [5, 5.41) is 3.42. The number of anilines is 1. The molecule has 2 heterocycles. The molecule has 0 aliphatic carbocycles. The molecule has 104 valence electrons. The summed E-state index contributed by atoms with van der Waals surface area (Å²) >= 11 is 0. The highest BCUT2D eigenvalue weighted by Gasteiger charge is 2.16. The van der Waals surface area contributed by atoms with Crippen LogP contribution in [-0.4, -0.2) is 50.7 Å². The molecule has 0 unspecified atom stereocenters. The SMILES string of the molecule is c1ccc2c(c1)CCCCN2CCN1CCNCC1. The van der Waals surface area contributed by atoms with Crippen LogP contribution in [0.1, 0.15) is 18.4 Å². The van der Waals surface area contributed by atoms with Crippen LogP contribution in [0, 0.1) is 0 Å². The van der Waals surface area contributed by atoms with Gasteiger partial charge >= 0.3 is 0 Å². The van der Waals surface area contributed by atoms with Gasteiger partial charge in [-0.3, -0.25) is 4.90 Å². The second-order valence-corrected chi connectivity index (χ2v) is 5.66. The molecule has 0 spiro atoms. The first-order valence-corrected chi connectivity index (χ1v) is 7.69. The number of aryl methyl sites for hydroxylation is 1. The number of piperazine rings is 1. The average molecular weight is 259 g/mol. The maximum atomic E-state index is 3.42. The molecule has 1 saturated heterocycles. The zero-order valence-corrected chi connectivity index (χ0v) is 11.8. The standard InChI is InChI=1S/C16H25N3/c1-2-7-16-15(5-1)6-3-4-10-19(16)14-13-18-11-8-17-9-12-18/h1-2,5,7,17H,3-4,6,8-14H2. The lowest BCUT2D eigenvalue weighted by atomic mass is 10.1. The maximum absolute atomic E-state index is 3.42. The Morgan fingerprint density at radius 1 is 0.947 bits per heavy atom. The van der Waals surface area contributed by atoms with E-state index < -0.39 is 0 Å². The second kappa shape index (κ2) is 6.40. The predicted molar refractivity (Wildman–Crippen MR) is 80.9 cm³/mol. The van der Waals surface area contributed by atoms with Crippen LogP contribution < -0.4 is 10.2 Å². The van der Waals surface area contributed by atoms with E-state index in [1.165, 1.54) is 57.7 Å². The number of benzene rings is 1. The lowest BCUT2D eigenvalue weighted by Crippen LogP contribution is -2.46. The lowest BCUT2D eigenvalue weighted by molar-refractivity contribution is 0.245. The van der Waals surface area contributed by atoms with E-state index in [1.807, 2.05) is 0 Å². The van der Waals surface area contributed by atoms with Gasteiger partial charge in [-0.25, -0.2) is 0 Å². The van der Waals surface area contributed by atoms with Gasteiger partial charge in [-0.05, 0) is 30.9 Å². The van der Waals surface area contributed by atoms with Gasteiger partial charge in [0.2, 0.25) is 0 Å². The van der Waals surface area contributed by atoms with Crippen LogP contribution in [0.4, 0.5) is 5.69 Å². The second-order valence-electron chi connectivity index (χ2n) is 5.66. The zero-order valence-electron chi connectivity index (χ0n) is 11.8. The van der Waals surface area contributed by atoms with Gasteiger partial charge in [0.05, 0.1) is 0 Å². The van der Waals surface area contributed by atoms with Crippen molar-refractivity contribution in [1.29, 1.82) is 0 Å². The summed E-state index contributed by atoms with van der Waals surface area (Å²) in [6.07, 6.45) is 3.91. The number of nitrogens with zero attached hydrogens (tertiary/aromatic N) is 2. The molecule has 0 atom stereocenters. The van der Waals surface area contributed by atoms with Crippen LogP contribution in [0.25, 0.3) is 0 Å². The molecule has 2 aliphatic rings. The molecular formula is C16H25N3. The molecule has 19 heavy (non-hydrogen) atoms. The molecule has 0 aromatic heterocycles. The lowest BCUT2D eigenvalue weighted by Gasteiger charge is -2.31. The van der Waals surface area contributed by atoms with Crippen molar-refractivity contribution < 1.29 is 0 Å². The fourth-order valence-electron chi connectivity index (χ4n) is 3.20. The summed E-state index contributed by atoms with van der Waals surface area (Å²) in [4.78, 5) is 5.19. The highest BCUT2D eigenvalue weighted by atomic mass is 15.2. The minimum Gasteiger partial charge on any atom is -0.370 e. The third kappa shape index (κ3) is 3.28. The molecule has 1 aromatic rings. The molecule has 2 aliphatic heterocycles. The van der Waals surface area contributed by atoms with Gasteiger partial charge in [0.25, 0.3) is 0 Å². The molecule has 0 saturated carbocycles. The van der Waals surface area contributed by atoms with Gasteiger partial charge in [0, 0.05) is 51.5 Å². The van der Waals surface area contributed by atoms with Crippen molar-refractivity contribution in [3.8, 4) is 0 Å². The van der Waals surface area contributed by atoms with E-state index in [-0.39, 0.29) is 0 Å². The van der Waals surface area contributed by atoms with Gasteiger partial charge < -0.3 is 10.2 Å². The van der Waals surface area contributed by atoms with Crippen LogP contribution in [0.15, 0.2) is 24.3 Å². The fraction of sp³-hybridized carbons (Fsp3) is 0.625. The van der Waals surface area contributed by atoms with Gasteiger partial charge in [0.1, 0.15) is 0 Å². The average Bonchev–Trinajstić information content (AvgIpc) is 2.68. The summed E-state index contributed by atoms with van der Waals surface area (Å²) in [5.74, 6) is 0. The monoisotopic (exact) mass is 259 g/mol. The van der Waals surface area contributed by atoms with Gasteiger partial charge in [-0.2, -0.15) is 0 Å². The number of nitrogens with one attached hydrogen (secondary N) is 1. The minimum atomic E-state index is 1.15. The first-order valence-electron chi connectivity index (χ1n) is 7.69. The topological polar surface area (TPSA) is 18.5 Å². The van der Waals surface area contributed by atoms with Crippen LogP contribution >= 0.6 is 0 Å². The number of para-hydroxylation sites is 1. The van der Waals surface area contributed by atoms with Crippen molar-refractivity contribution >= 4 is 5.69 Å². The predicted octanol–water partition coefficient (Wildman–Crippen LogP) is 1.73. The van der Waals surface area contributed by atoms with E-state index in [2.05, 4.69) is 39.4 Å². The third-order valence-corrected chi connectivity index (χ3v) is 4.35. The van der Waals surface area contributed by atoms with E-state index in [0.717, 1.165) is 13.1 Å². The number of hydrogen-bond donors (Lipinski definition) is 1. The van der Waals surface area contributed by atoms with E-state index in [1.54, 1.807) is 5.56 Å². The first kappa shape index (κ1) is 12.9. The Bertz CT molecular complexity index is 399. The van der Waals surface area contributed by atoms with Crippen molar-refractivity contribution in [1.82, 2.24) is 10.2 Å². The molecule has 0 amide bonds. The Labute approximate surface area is 116 Å². The van der Waals surface area contributed by atoms with Gasteiger partial charge in [0.15, 0.2) is 0 Å². The van der Waals surface area contributed by atoms with Crippen molar-refractivity contribution in [3.05, 3.63) is 29.8 Å². The summed E-state index contributed by atoms with van der Waals surface area (Å²) in [6.45, 7) is 8.31. The number of hydrogen-bond acceptors (Lipinski definition) is 3. The van der Waals surface area contributed by atoms with Gasteiger partial charge in [-0.1, -0.05) is 18.2 Å². The van der Waals surface area contributed by atoms with E-state index in [4.69, 9.17) is 0 Å². The van der Waals surface area contributed by atoms with Crippen LogP contribution in [0.3, 0.4) is 0 Å². The minimum absolute atomic E-state index is 1.15. The van der Waals surface area contributed by atoms with Crippen molar-refractivity contribution in [2.45, 2.75) is 19.3 Å². The summed E-state index contributed by atoms with van der Waals surface area (Å²) in [6, 6.07) is 8.97. The summed E-state index contributed by atoms with van der Waals surface area (Å²) in [5.41, 5.74) is 3.02. The molecular weight excluding hydrogens is 234 g/mol. The van der Waals surface area contributed by atoms with Crippen molar-refractivity contribution in [3.63, 3.8) is 0 Å². The molecule has 0 radical (unpaired) electrons. The Morgan fingerprint density at radius 2 is 1.79 bits per heavy atom. The Morgan fingerprint density at radius 3 is 2.68 bits per heavy atom.